The van der Waals surface area contributed by atoms with Crippen LogP contribution in [-0.4, -0.2) is 14.1 Å². The molecule has 1 aliphatic heterocycles. The van der Waals surface area contributed by atoms with E-state index >= 15 is 0 Å². The molecule has 12 aromatic rings. The van der Waals surface area contributed by atoms with Gasteiger partial charge < -0.3 is 4.74 Å². The smallest absolute Gasteiger partial charge is 0.269 e. The van der Waals surface area contributed by atoms with Crippen molar-refractivity contribution in [3.05, 3.63) is 234 Å². The first-order valence-electron chi connectivity index (χ1n) is 32.6. The van der Waals surface area contributed by atoms with Gasteiger partial charge in [-0.2, -0.15) is 0 Å². The summed E-state index contributed by atoms with van der Waals surface area (Å²) in [6.45, 7) is 10.2. The number of imidazole rings is 1. The van der Waals surface area contributed by atoms with Crippen LogP contribution in [0.15, 0.2) is 200 Å². The number of fused-ring (bicyclic) bond motifs is 11. The van der Waals surface area contributed by atoms with E-state index < -0.39 is 31.8 Å². The molecule has 1 aliphatic carbocycles. The van der Waals surface area contributed by atoms with Gasteiger partial charge in [0.15, 0.2) is 0 Å². The molecule has 2 aliphatic rings. The lowest BCUT2D eigenvalue weighted by Crippen LogP contribution is -2.34. The molecule has 0 bridgehead atoms. The molecule has 0 radical (unpaired) electrons. The number of nitrogens with zero attached hydrogens (tertiary/aromatic N) is 4. The van der Waals surface area contributed by atoms with Crippen LogP contribution in [0, 0.1) is 20.0 Å². The molecule has 386 valence electrons. The van der Waals surface area contributed by atoms with Gasteiger partial charge in [0.25, 0.3) is 6.33 Å². The Hall–Kier alpha value is -8.80. The number of rotatable bonds is 6. The van der Waals surface area contributed by atoms with Crippen molar-refractivity contribution >= 4 is 32.8 Å². The summed E-state index contributed by atoms with van der Waals surface area (Å²) in [5.41, 5.74) is 11.9. The highest BCUT2D eigenvalue weighted by Gasteiger charge is 2.39. The van der Waals surface area contributed by atoms with E-state index in [9.17, 15) is 2.74 Å². The fraction of sp³-hybridized carbons (Fsp3) is 0.189. The van der Waals surface area contributed by atoms with Crippen LogP contribution in [0.2, 0.25) is 0 Å². The van der Waals surface area contributed by atoms with Crippen LogP contribution in [0.25, 0.3) is 106 Å². The summed E-state index contributed by atoms with van der Waals surface area (Å²) >= 11 is 0. The van der Waals surface area contributed by atoms with Crippen LogP contribution < -0.4 is 9.30 Å². The molecule has 4 heterocycles. The van der Waals surface area contributed by atoms with Gasteiger partial charge in [0.05, 0.1) is 40.3 Å². The number of pyridine rings is 1. The van der Waals surface area contributed by atoms with E-state index in [0.717, 1.165) is 68.3 Å². The van der Waals surface area contributed by atoms with Gasteiger partial charge in [0.1, 0.15) is 17.3 Å². The number of aryl methyl sites for hydroxylation is 2. The number of ether oxygens (including phenoxy) is 1. The summed E-state index contributed by atoms with van der Waals surface area (Å²) in [6.07, 6.45) is 7.50. The molecule has 0 saturated heterocycles. The Labute approximate surface area is 479 Å². The third kappa shape index (κ3) is 7.88. The maximum Gasteiger partial charge on any atom is 0.269 e. The van der Waals surface area contributed by atoms with Gasteiger partial charge in [-0.3, -0.25) is 13.7 Å². The van der Waals surface area contributed by atoms with Gasteiger partial charge in [0, 0.05) is 31.3 Å². The van der Waals surface area contributed by atoms with Crippen molar-refractivity contribution in [3.8, 4) is 84.3 Å². The summed E-state index contributed by atoms with van der Waals surface area (Å²) in [6, 6.07) is 50.2. The van der Waals surface area contributed by atoms with Crippen molar-refractivity contribution in [2.24, 2.45) is 0 Å². The third-order valence-corrected chi connectivity index (χ3v) is 16.7. The van der Waals surface area contributed by atoms with E-state index in [2.05, 4.69) is 108 Å². The molecule has 0 atom stereocenters. The highest BCUT2D eigenvalue weighted by atomic mass is 16.5. The van der Waals surface area contributed by atoms with E-state index in [1.54, 1.807) is 6.07 Å². The highest BCUT2D eigenvalue weighted by Crippen LogP contribution is 2.53. The van der Waals surface area contributed by atoms with Crippen molar-refractivity contribution in [1.29, 1.82) is 0 Å². The third-order valence-electron chi connectivity index (χ3n) is 16.7. The molecule has 9 aromatic carbocycles. The molecule has 3 aromatic heterocycles. The van der Waals surface area contributed by atoms with E-state index in [0.29, 0.717) is 56.2 Å². The second-order valence-electron chi connectivity index (χ2n) is 23.6. The van der Waals surface area contributed by atoms with Crippen LogP contribution in [0.3, 0.4) is 0 Å². The number of hydrogen-bond acceptors (Lipinski definition) is 2. The van der Waals surface area contributed by atoms with E-state index in [-0.39, 0.29) is 50.6 Å². The average molecular weight is 1040 g/mol. The second kappa shape index (κ2) is 17.9. The number of benzene rings is 9. The average Bonchev–Trinajstić information content (AvgIpc) is 1.41. The van der Waals surface area contributed by atoms with E-state index in [1.165, 1.54) is 29.3 Å². The quantitative estimate of drug-likeness (QED) is 0.123. The maximum absolute atomic E-state index is 9.56. The zero-order valence-electron chi connectivity index (χ0n) is 56.3. The van der Waals surface area contributed by atoms with Gasteiger partial charge in [-0.1, -0.05) is 176 Å². The van der Waals surface area contributed by atoms with Crippen molar-refractivity contribution in [3.63, 3.8) is 0 Å². The standard InChI is InChI=1S/C74H64N4O/c1-46-20-17-21-47(2)69(46)49-38-62-56-27-14-13-26-55(56)60-43-63-64(74(8,9)36-35-73(63,6)7)44-61(60)59-30-19-29-54(48-22-11-10-12-23-48)70(59)77-45-76(67(39-49)71(62)77)51-24-18-25-52(41-51)79-53-32-33-58-57-28-15-16-31-65(57)78(66(58)42-53)68-40-50(34-37-75-68)72(3,4)5/h10-34,37-44H,35-36H2,1-9H3/i1D3,2D3,10D,11D,12D,22D,23D. The fourth-order valence-corrected chi connectivity index (χ4v) is 12.5. The predicted molar refractivity (Wildman–Crippen MR) is 326 cm³/mol. The lowest BCUT2D eigenvalue weighted by atomic mass is 9.62. The van der Waals surface area contributed by atoms with Gasteiger partial charge in [-0.15, -0.1) is 0 Å². The van der Waals surface area contributed by atoms with E-state index in [1.807, 2.05) is 106 Å². The van der Waals surface area contributed by atoms with Crippen molar-refractivity contribution in [1.82, 2.24) is 14.1 Å². The number of hydrogen-bond donors (Lipinski definition) is 0. The van der Waals surface area contributed by atoms with Crippen LogP contribution in [0.5, 0.6) is 11.5 Å². The monoisotopic (exact) mass is 1040 g/mol. The summed E-state index contributed by atoms with van der Waals surface area (Å²) < 4.78 is 112. The Balaban J connectivity index is 1.09. The van der Waals surface area contributed by atoms with Crippen LogP contribution in [0.1, 0.15) is 104 Å². The summed E-state index contributed by atoms with van der Waals surface area (Å²) in [5, 5.41) is 2.08. The van der Waals surface area contributed by atoms with Crippen molar-refractivity contribution in [2.75, 3.05) is 0 Å². The molecule has 0 amide bonds. The zero-order valence-corrected chi connectivity index (χ0v) is 45.3. The SMILES string of the molecule is [2H]c1c([2H])c([2H])c(-c2cccc3c2-[n+]2[c-]n(-c4cccc(Oc5ccc6c7ccccc7n(-c7cc(C(C)(C)C)ccn7)c6c5)c4)c4cc(-c5c(C([2H])([2H])[2H])cccc5C([2H])([2H])[2H])cc(c42)-c2ccccc2-c2cc4c(cc2-3)C(C)(C)CCC4(C)C)c([2H])c1[2H]. The number of para-hydroxylation sites is 2. The van der Waals surface area contributed by atoms with Crippen molar-refractivity contribution < 1.29 is 24.4 Å². The second-order valence-corrected chi connectivity index (χ2v) is 23.6. The Bertz CT molecular complexity index is 4960. The van der Waals surface area contributed by atoms with Crippen molar-refractivity contribution in [2.45, 2.75) is 91.3 Å². The molecule has 5 nitrogen and oxygen atoms in total. The lowest BCUT2D eigenvalue weighted by molar-refractivity contribution is -0.570. The minimum atomic E-state index is -2.74. The van der Waals surface area contributed by atoms with Crippen LogP contribution in [0.4, 0.5) is 0 Å². The van der Waals surface area contributed by atoms with Gasteiger partial charge in [-0.05, 0) is 187 Å². The molecule has 0 fully saturated rings. The fourth-order valence-electron chi connectivity index (χ4n) is 12.5. The first kappa shape index (κ1) is 37.9. The molecule has 0 N–H and O–H groups in total. The Morgan fingerprint density at radius 3 is 1.96 bits per heavy atom. The first-order valence-corrected chi connectivity index (χ1v) is 27.1. The topological polar surface area (TPSA) is 35.9 Å². The molecule has 79 heavy (non-hydrogen) atoms. The predicted octanol–water partition coefficient (Wildman–Crippen LogP) is 18.9. The molecular formula is C74H64N4O. The molecule has 14 rings (SSSR count). The Morgan fingerprint density at radius 1 is 0.570 bits per heavy atom. The number of aromatic nitrogens is 4. The van der Waals surface area contributed by atoms with Gasteiger partial charge in [0.2, 0.25) is 0 Å². The van der Waals surface area contributed by atoms with Crippen LogP contribution >= 0.6 is 0 Å². The lowest BCUT2D eigenvalue weighted by Gasteiger charge is -2.42. The van der Waals surface area contributed by atoms with Crippen LogP contribution in [-0.2, 0) is 16.2 Å². The highest BCUT2D eigenvalue weighted by molar-refractivity contribution is 6.10. The van der Waals surface area contributed by atoms with E-state index in [4.69, 9.17) is 22.1 Å². The molecule has 0 unspecified atom stereocenters. The Kier molecular flexibility index (Phi) is 8.57. The minimum Gasteiger partial charge on any atom is -0.458 e. The largest absolute Gasteiger partial charge is 0.458 e. The molecule has 0 spiro atoms. The van der Waals surface area contributed by atoms with Gasteiger partial charge >= 0.3 is 0 Å². The Morgan fingerprint density at radius 2 is 1.22 bits per heavy atom. The zero-order chi connectivity index (χ0) is 63.5. The molecule has 0 saturated carbocycles. The summed E-state index contributed by atoms with van der Waals surface area (Å²) in [5.74, 6) is 1.80. The molecule has 5 heteroatoms. The molecular weight excluding hydrogens is 961 g/mol. The minimum absolute atomic E-state index is 0.00595. The summed E-state index contributed by atoms with van der Waals surface area (Å²) in [4.78, 5) is 4.90. The maximum atomic E-state index is 9.56. The first-order chi connectivity index (χ1) is 42.6. The summed E-state index contributed by atoms with van der Waals surface area (Å²) in [7, 11) is 0. The normalized spacial score (nSPS) is 16.6. The van der Waals surface area contributed by atoms with Gasteiger partial charge in [-0.25, -0.2) is 4.98 Å².